The molecule has 0 radical (unpaired) electrons. The maximum atomic E-state index is 15.2. The molecule has 1 saturated heterocycles. The number of nitrogens with one attached hydrogen (secondary N) is 1. The lowest BCUT2D eigenvalue weighted by Crippen LogP contribution is -2.31. The molecule has 1 aliphatic heterocycles. The quantitative estimate of drug-likeness (QED) is 0.150. The number of anilines is 1. The number of carbonyl (C=O) groups is 1. The molecule has 46 heavy (non-hydrogen) atoms. The van der Waals surface area contributed by atoms with E-state index in [-0.39, 0.29) is 17.1 Å². The van der Waals surface area contributed by atoms with Crippen molar-refractivity contribution in [1.82, 2.24) is 19.4 Å². The van der Waals surface area contributed by atoms with Gasteiger partial charge in [0.2, 0.25) is 0 Å². The number of fused-ring (bicyclic) bond motifs is 1. The highest BCUT2D eigenvalue weighted by Gasteiger charge is 2.17. The second-order valence-electron chi connectivity index (χ2n) is 11.0. The molecule has 0 unspecified atom stereocenters. The van der Waals surface area contributed by atoms with Crippen molar-refractivity contribution in [3.63, 3.8) is 0 Å². The molecule has 10 nitrogen and oxygen atoms in total. The molecule has 1 aliphatic rings. The van der Waals surface area contributed by atoms with Crippen LogP contribution in [0.5, 0.6) is 28.7 Å². The van der Waals surface area contributed by atoms with Crippen LogP contribution in [-0.4, -0.2) is 65.8 Å². The fourth-order valence-electron chi connectivity index (χ4n) is 5.53. The zero-order valence-electron chi connectivity index (χ0n) is 25.9. The van der Waals surface area contributed by atoms with E-state index in [0.717, 1.165) is 31.7 Å². The molecule has 1 amide bonds. The first-order chi connectivity index (χ1) is 22.5. The minimum Gasteiger partial charge on any atom is -0.495 e. The fourth-order valence-corrected chi connectivity index (χ4v) is 5.53. The molecule has 0 bridgehead atoms. The summed E-state index contributed by atoms with van der Waals surface area (Å²) in [6.45, 7) is 3.88. The summed E-state index contributed by atoms with van der Waals surface area (Å²) in [5.41, 5.74) is 1.78. The summed E-state index contributed by atoms with van der Waals surface area (Å²) in [6.07, 6.45) is 9.45. The van der Waals surface area contributed by atoms with E-state index in [1.165, 1.54) is 37.7 Å². The van der Waals surface area contributed by atoms with E-state index < -0.39 is 11.7 Å². The highest BCUT2D eigenvalue weighted by atomic mass is 19.1. The van der Waals surface area contributed by atoms with Crippen molar-refractivity contribution in [3.8, 4) is 34.4 Å². The van der Waals surface area contributed by atoms with Crippen molar-refractivity contribution in [2.24, 2.45) is 0 Å². The number of imidazole rings is 1. The Morgan fingerprint density at radius 1 is 0.891 bits per heavy atom. The molecule has 0 atom stereocenters. The van der Waals surface area contributed by atoms with Crippen LogP contribution in [0, 0.1) is 5.82 Å². The topological polar surface area (TPSA) is 100.0 Å². The van der Waals surface area contributed by atoms with Crippen molar-refractivity contribution >= 4 is 22.5 Å². The average Bonchev–Trinajstić information content (AvgIpc) is 3.59. The number of halogens is 1. The Bertz CT molecular complexity index is 1820. The van der Waals surface area contributed by atoms with Crippen LogP contribution in [0.1, 0.15) is 36.2 Å². The number of ether oxygens (including phenoxy) is 4. The van der Waals surface area contributed by atoms with Crippen molar-refractivity contribution in [1.29, 1.82) is 0 Å². The Hall–Kier alpha value is -5.16. The predicted molar refractivity (Wildman–Crippen MR) is 173 cm³/mol. The smallest absolute Gasteiger partial charge is 0.275 e. The lowest BCUT2D eigenvalue weighted by atomic mass is 10.1. The number of benzene rings is 3. The molecule has 11 heteroatoms. The van der Waals surface area contributed by atoms with Crippen LogP contribution in [-0.2, 0) is 0 Å². The van der Waals surface area contributed by atoms with Crippen LogP contribution in [0.3, 0.4) is 0 Å². The molecular formula is C35H36FN5O5. The third-order valence-electron chi connectivity index (χ3n) is 7.90. The Balaban J connectivity index is 1.12. The van der Waals surface area contributed by atoms with Gasteiger partial charge in [0.05, 0.1) is 32.0 Å². The van der Waals surface area contributed by atoms with E-state index >= 15 is 4.39 Å². The summed E-state index contributed by atoms with van der Waals surface area (Å²) in [5.74, 6) is 1.02. The second kappa shape index (κ2) is 14.3. The Morgan fingerprint density at radius 3 is 2.52 bits per heavy atom. The van der Waals surface area contributed by atoms with Gasteiger partial charge in [-0.1, -0.05) is 18.6 Å². The number of aromatic nitrogens is 3. The predicted octanol–water partition coefficient (Wildman–Crippen LogP) is 6.88. The van der Waals surface area contributed by atoms with Crippen molar-refractivity contribution in [2.45, 2.75) is 25.7 Å². The number of carbonyl (C=O) groups excluding carboxylic acids is 1. The Labute approximate surface area is 266 Å². The normalized spacial score (nSPS) is 13.4. The largest absolute Gasteiger partial charge is 0.495 e. The first-order valence-electron chi connectivity index (χ1n) is 15.3. The van der Waals surface area contributed by atoms with Gasteiger partial charge in [-0.2, -0.15) is 0 Å². The molecular weight excluding hydrogens is 589 g/mol. The number of rotatable bonds is 12. The van der Waals surface area contributed by atoms with Crippen LogP contribution in [0.2, 0.25) is 0 Å². The van der Waals surface area contributed by atoms with E-state index in [9.17, 15) is 4.79 Å². The molecule has 5 aromatic rings. The maximum absolute atomic E-state index is 15.2. The van der Waals surface area contributed by atoms with Crippen LogP contribution < -0.4 is 24.3 Å². The summed E-state index contributed by atoms with van der Waals surface area (Å²) in [7, 11) is 3.15. The van der Waals surface area contributed by atoms with Crippen molar-refractivity contribution in [2.75, 3.05) is 45.8 Å². The monoisotopic (exact) mass is 625 g/mol. The Morgan fingerprint density at radius 2 is 1.72 bits per heavy atom. The standard InChI is InChI=1S/C35H36FN5O5/c1-43-32-10-5-4-9-29(32)41-22-28(38-23-41)35(42)39-24-11-12-31(26(36)19-24)46-30-13-14-37-27-21-34(33(44-2)20-25(27)30)45-18-8-17-40-15-6-3-7-16-40/h4-5,9-14,19-23H,3,6-8,15-18H2,1-2H3,(H,39,42). The zero-order chi connectivity index (χ0) is 31.9. The zero-order valence-corrected chi connectivity index (χ0v) is 25.9. The molecule has 3 heterocycles. The molecule has 0 aliphatic carbocycles. The first-order valence-corrected chi connectivity index (χ1v) is 15.3. The fraction of sp³-hybridized carbons (Fsp3) is 0.286. The molecule has 238 valence electrons. The molecule has 0 saturated carbocycles. The van der Waals surface area contributed by atoms with Gasteiger partial charge in [0, 0.05) is 42.1 Å². The van der Waals surface area contributed by atoms with Gasteiger partial charge in [-0.25, -0.2) is 9.37 Å². The third-order valence-corrected chi connectivity index (χ3v) is 7.90. The third kappa shape index (κ3) is 7.05. The average molecular weight is 626 g/mol. The summed E-state index contributed by atoms with van der Waals surface area (Å²) >= 11 is 0. The van der Waals surface area contributed by atoms with Crippen molar-refractivity contribution in [3.05, 3.63) is 90.9 Å². The lowest BCUT2D eigenvalue weighted by Gasteiger charge is -2.26. The van der Waals surface area contributed by atoms with Gasteiger partial charge >= 0.3 is 0 Å². The summed E-state index contributed by atoms with van der Waals surface area (Å²) in [4.78, 5) is 24.0. The molecule has 2 aromatic heterocycles. The summed E-state index contributed by atoms with van der Waals surface area (Å²) < 4.78 is 40.0. The number of hydrogen-bond donors (Lipinski definition) is 1. The van der Waals surface area contributed by atoms with Gasteiger partial charge < -0.3 is 33.7 Å². The Kier molecular flexibility index (Phi) is 9.59. The highest BCUT2D eigenvalue weighted by Crippen LogP contribution is 2.38. The minimum atomic E-state index is -0.650. The van der Waals surface area contributed by atoms with Crippen LogP contribution in [0.25, 0.3) is 16.6 Å². The SMILES string of the molecule is COc1cc2c(Oc3ccc(NC(=O)c4cn(-c5ccccc5OC)cn4)cc3F)ccnc2cc1OCCCN1CCCCC1. The first kappa shape index (κ1) is 30.8. The molecule has 1 N–H and O–H groups in total. The number of methoxy groups -OCH3 is 2. The lowest BCUT2D eigenvalue weighted by molar-refractivity contribution is 0.102. The number of nitrogens with zero attached hydrogens (tertiary/aromatic N) is 4. The number of likely N-dealkylation sites (tertiary alicyclic amines) is 1. The number of hydrogen-bond acceptors (Lipinski definition) is 8. The summed E-state index contributed by atoms with van der Waals surface area (Å²) in [5, 5.41) is 3.33. The number of piperidine rings is 1. The van der Waals surface area contributed by atoms with Gasteiger partial charge in [0.25, 0.3) is 5.91 Å². The van der Waals surface area contributed by atoms with E-state index in [4.69, 9.17) is 18.9 Å². The van der Waals surface area contributed by atoms with Crippen molar-refractivity contribution < 1.29 is 28.1 Å². The van der Waals surface area contributed by atoms with Gasteiger partial charge in [0.15, 0.2) is 23.1 Å². The minimum absolute atomic E-state index is 0.0112. The molecule has 3 aromatic carbocycles. The maximum Gasteiger partial charge on any atom is 0.275 e. The van der Waals surface area contributed by atoms with E-state index in [1.54, 1.807) is 49.4 Å². The van der Waals surface area contributed by atoms with E-state index in [1.807, 2.05) is 30.3 Å². The molecule has 6 rings (SSSR count). The van der Waals surface area contributed by atoms with Gasteiger partial charge in [-0.05, 0) is 68.8 Å². The van der Waals surface area contributed by atoms with E-state index in [2.05, 4.69) is 20.2 Å². The van der Waals surface area contributed by atoms with Crippen LogP contribution >= 0.6 is 0 Å². The van der Waals surface area contributed by atoms with Gasteiger partial charge in [-0.3, -0.25) is 9.78 Å². The van der Waals surface area contributed by atoms with Gasteiger partial charge in [-0.15, -0.1) is 0 Å². The number of amides is 1. The highest BCUT2D eigenvalue weighted by molar-refractivity contribution is 6.02. The number of para-hydroxylation sites is 2. The molecule has 0 spiro atoms. The number of pyridine rings is 1. The summed E-state index contributed by atoms with van der Waals surface area (Å²) in [6, 6.07) is 16.9. The molecule has 1 fully saturated rings. The van der Waals surface area contributed by atoms with Crippen LogP contribution in [0.15, 0.2) is 79.4 Å². The van der Waals surface area contributed by atoms with Crippen LogP contribution in [0.4, 0.5) is 10.1 Å². The van der Waals surface area contributed by atoms with Gasteiger partial charge in [0.1, 0.15) is 23.5 Å². The second-order valence-corrected chi connectivity index (χ2v) is 11.0. The van der Waals surface area contributed by atoms with E-state index in [0.29, 0.717) is 40.5 Å².